The summed E-state index contributed by atoms with van der Waals surface area (Å²) in [5.74, 6) is -0.349. The predicted octanol–water partition coefficient (Wildman–Crippen LogP) is 4.61. The van der Waals surface area contributed by atoms with E-state index in [-0.39, 0.29) is 5.97 Å². The fraction of sp³-hybridized carbons (Fsp3) is 0.500. The Kier molecular flexibility index (Phi) is 5.27. The second-order valence-electron chi connectivity index (χ2n) is 6.41. The van der Waals surface area contributed by atoms with Gasteiger partial charge < -0.3 is 10.5 Å². The molecule has 2 aromatic rings. The Morgan fingerprint density at radius 2 is 2.08 bits per heavy atom. The maximum atomic E-state index is 12.3. The van der Waals surface area contributed by atoms with Crippen molar-refractivity contribution in [3.05, 3.63) is 28.0 Å². The molecule has 1 saturated heterocycles. The zero-order valence-corrected chi connectivity index (χ0v) is 16.0. The first-order chi connectivity index (χ1) is 11.5. The van der Waals surface area contributed by atoms with E-state index in [0.29, 0.717) is 22.6 Å². The van der Waals surface area contributed by atoms with Crippen molar-refractivity contribution in [2.24, 2.45) is 0 Å². The van der Waals surface area contributed by atoms with Crippen LogP contribution in [0.25, 0.3) is 10.4 Å². The van der Waals surface area contributed by atoms with Gasteiger partial charge in [0.25, 0.3) is 0 Å². The summed E-state index contributed by atoms with van der Waals surface area (Å²) in [5, 5.41) is 2.58. The number of anilines is 1. The van der Waals surface area contributed by atoms with Gasteiger partial charge in [-0.3, -0.25) is 4.90 Å². The van der Waals surface area contributed by atoms with Crippen molar-refractivity contribution in [3.63, 3.8) is 0 Å². The maximum absolute atomic E-state index is 12.3. The van der Waals surface area contributed by atoms with Gasteiger partial charge in [0.1, 0.15) is 10.6 Å². The summed E-state index contributed by atoms with van der Waals surface area (Å²) in [4.78, 5) is 17.1. The smallest absolute Gasteiger partial charge is 0.341 e. The van der Waals surface area contributed by atoms with Gasteiger partial charge >= 0.3 is 5.97 Å². The summed E-state index contributed by atoms with van der Waals surface area (Å²) < 4.78 is 4.98. The Labute approximate surface area is 151 Å². The van der Waals surface area contributed by atoms with Crippen LogP contribution in [0.4, 0.5) is 5.00 Å². The molecule has 3 heterocycles. The number of carbonyl (C=O) groups excluding carboxylic acids is 1. The molecule has 1 fully saturated rings. The van der Waals surface area contributed by atoms with E-state index in [9.17, 15) is 4.79 Å². The number of nitrogen functional groups attached to an aromatic ring is 1. The van der Waals surface area contributed by atoms with Crippen LogP contribution in [0.3, 0.4) is 0 Å². The van der Waals surface area contributed by atoms with Gasteiger partial charge in [-0.05, 0) is 38.1 Å². The molecule has 4 nitrogen and oxygen atoms in total. The van der Waals surface area contributed by atoms with Gasteiger partial charge in [-0.1, -0.05) is 12.5 Å². The van der Waals surface area contributed by atoms with E-state index in [0.717, 1.165) is 21.9 Å². The van der Waals surface area contributed by atoms with E-state index in [1.807, 2.05) is 17.5 Å². The lowest BCUT2D eigenvalue weighted by atomic mass is 9.97. The molecule has 0 aromatic carbocycles. The van der Waals surface area contributed by atoms with E-state index >= 15 is 0 Å². The minimum atomic E-state index is -0.349. The van der Waals surface area contributed by atoms with Crippen molar-refractivity contribution >= 4 is 33.6 Å². The van der Waals surface area contributed by atoms with Crippen LogP contribution in [0.5, 0.6) is 0 Å². The highest BCUT2D eigenvalue weighted by atomic mass is 32.1. The van der Waals surface area contributed by atoms with E-state index in [2.05, 4.69) is 18.7 Å². The third-order valence-corrected chi connectivity index (χ3v) is 6.76. The van der Waals surface area contributed by atoms with Crippen LogP contribution < -0.4 is 5.73 Å². The zero-order chi connectivity index (χ0) is 17.3. The quantitative estimate of drug-likeness (QED) is 0.805. The lowest BCUT2D eigenvalue weighted by molar-refractivity contribution is 0.0603. The van der Waals surface area contributed by atoms with Gasteiger partial charge in [-0.2, -0.15) is 0 Å². The first-order valence-corrected chi connectivity index (χ1v) is 10.0. The highest BCUT2D eigenvalue weighted by molar-refractivity contribution is 7.18. The molecule has 6 heteroatoms. The lowest BCUT2D eigenvalue weighted by Crippen LogP contribution is -2.42. The third kappa shape index (κ3) is 3.23. The van der Waals surface area contributed by atoms with Crippen molar-refractivity contribution in [2.45, 2.75) is 51.7 Å². The molecule has 130 valence electrons. The third-order valence-electron chi connectivity index (χ3n) is 4.87. The number of likely N-dealkylation sites (tertiary alicyclic amines) is 1. The minimum Gasteiger partial charge on any atom is -0.465 e. The molecule has 2 aromatic heterocycles. The monoisotopic (exact) mass is 364 g/mol. The van der Waals surface area contributed by atoms with Gasteiger partial charge in [0.05, 0.1) is 7.11 Å². The number of carbonyl (C=O) groups is 1. The van der Waals surface area contributed by atoms with Crippen LogP contribution in [0, 0.1) is 0 Å². The van der Waals surface area contributed by atoms with Crippen molar-refractivity contribution in [2.75, 3.05) is 12.8 Å². The molecule has 0 saturated carbocycles. The number of methoxy groups -OCH3 is 1. The fourth-order valence-electron chi connectivity index (χ4n) is 3.55. The highest BCUT2D eigenvalue weighted by Gasteiger charge is 2.30. The van der Waals surface area contributed by atoms with E-state index in [1.165, 1.54) is 37.7 Å². The number of nitrogens with two attached hydrogens (primary N) is 1. The number of rotatable bonds is 4. The molecule has 24 heavy (non-hydrogen) atoms. The molecule has 0 amide bonds. The molecule has 0 spiro atoms. The topological polar surface area (TPSA) is 55.6 Å². The van der Waals surface area contributed by atoms with Crippen LogP contribution in [-0.4, -0.2) is 30.1 Å². The van der Waals surface area contributed by atoms with Crippen molar-refractivity contribution < 1.29 is 9.53 Å². The second-order valence-corrected chi connectivity index (χ2v) is 8.49. The maximum Gasteiger partial charge on any atom is 0.341 e. The summed E-state index contributed by atoms with van der Waals surface area (Å²) in [6, 6.07) is 5.15. The Balaban J connectivity index is 2.03. The molecule has 0 bridgehead atoms. The first-order valence-electron chi connectivity index (χ1n) is 8.32. The molecule has 0 aliphatic carbocycles. The van der Waals surface area contributed by atoms with Gasteiger partial charge in [-0.15, -0.1) is 22.7 Å². The average Bonchev–Trinajstić information content (AvgIpc) is 3.17. The molecule has 1 aliphatic heterocycles. The van der Waals surface area contributed by atoms with E-state index in [4.69, 9.17) is 10.5 Å². The highest BCUT2D eigenvalue weighted by Crippen LogP contribution is 2.42. The molecular weight excluding hydrogens is 340 g/mol. The number of hydrogen-bond donors (Lipinski definition) is 1. The SMILES string of the molecule is COC(=O)c1c(N)sc(CN2C(C)CCCC2C)c1-c1cccs1. The summed E-state index contributed by atoms with van der Waals surface area (Å²) >= 11 is 3.16. The van der Waals surface area contributed by atoms with Gasteiger partial charge in [0.2, 0.25) is 0 Å². The molecule has 1 aliphatic rings. The van der Waals surface area contributed by atoms with Crippen molar-refractivity contribution in [3.8, 4) is 10.4 Å². The summed E-state index contributed by atoms with van der Waals surface area (Å²) in [6.45, 7) is 5.42. The van der Waals surface area contributed by atoms with Crippen LogP contribution in [0.2, 0.25) is 0 Å². The average molecular weight is 365 g/mol. The van der Waals surface area contributed by atoms with Crippen LogP contribution in [0.15, 0.2) is 17.5 Å². The number of thiophene rings is 2. The molecule has 2 N–H and O–H groups in total. The fourth-order valence-corrected chi connectivity index (χ4v) is 5.50. The number of esters is 1. The molecule has 0 radical (unpaired) electrons. The largest absolute Gasteiger partial charge is 0.465 e. The van der Waals surface area contributed by atoms with E-state index < -0.39 is 0 Å². The standard InChI is InChI=1S/C18H24N2O2S2/c1-11-6-4-7-12(2)20(11)10-14-15(13-8-5-9-23-13)16(17(19)24-14)18(21)22-3/h5,8-9,11-12H,4,6-7,10,19H2,1-3H3. The predicted molar refractivity (Wildman–Crippen MR) is 102 cm³/mol. The van der Waals surface area contributed by atoms with Gasteiger partial charge in [0, 0.05) is 33.9 Å². The molecule has 2 atom stereocenters. The minimum absolute atomic E-state index is 0.349. The number of ether oxygens (including phenoxy) is 1. The second kappa shape index (κ2) is 7.25. The first kappa shape index (κ1) is 17.5. The number of piperidine rings is 1. The van der Waals surface area contributed by atoms with Crippen molar-refractivity contribution in [1.29, 1.82) is 0 Å². The summed E-state index contributed by atoms with van der Waals surface area (Å²) in [7, 11) is 1.41. The van der Waals surface area contributed by atoms with Crippen LogP contribution in [-0.2, 0) is 11.3 Å². The Morgan fingerprint density at radius 1 is 1.38 bits per heavy atom. The Hall–Kier alpha value is -1.37. The zero-order valence-electron chi connectivity index (χ0n) is 14.4. The van der Waals surface area contributed by atoms with Crippen LogP contribution in [0.1, 0.15) is 48.3 Å². The molecular formula is C18H24N2O2S2. The van der Waals surface area contributed by atoms with Crippen LogP contribution >= 0.6 is 22.7 Å². The lowest BCUT2D eigenvalue weighted by Gasteiger charge is -2.38. The van der Waals surface area contributed by atoms with Gasteiger partial charge in [-0.25, -0.2) is 4.79 Å². The van der Waals surface area contributed by atoms with Crippen molar-refractivity contribution in [1.82, 2.24) is 4.90 Å². The Morgan fingerprint density at radius 3 is 2.67 bits per heavy atom. The normalized spacial score (nSPS) is 21.8. The van der Waals surface area contributed by atoms with Gasteiger partial charge in [0.15, 0.2) is 0 Å². The Bertz CT molecular complexity index is 699. The summed E-state index contributed by atoms with van der Waals surface area (Å²) in [6.07, 6.45) is 3.74. The summed E-state index contributed by atoms with van der Waals surface area (Å²) in [5.41, 5.74) is 7.69. The number of nitrogens with zero attached hydrogens (tertiary/aromatic N) is 1. The van der Waals surface area contributed by atoms with E-state index in [1.54, 1.807) is 11.3 Å². The molecule has 2 unspecified atom stereocenters. The number of hydrogen-bond acceptors (Lipinski definition) is 6. The molecule has 3 rings (SSSR count).